The third-order valence-corrected chi connectivity index (χ3v) is 2.54. The number of ether oxygens (including phenoxy) is 1. The third kappa shape index (κ3) is 2.32. The highest BCUT2D eigenvalue weighted by Crippen LogP contribution is 2.31. The Balaban J connectivity index is 2.70. The van der Waals surface area contributed by atoms with Crippen molar-refractivity contribution in [1.82, 2.24) is 5.32 Å². The maximum Gasteiger partial charge on any atom is 0.313 e. The van der Waals surface area contributed by atoms with Crippen LogP contribution in [0.2, 0.25) is 0 Å². The molecule has 1 atom stereocenters. The number of rotatable bonds is 4. The molecule has 4 nitrogen and oxygen atoms in total. The maximum absolute atomic E-state index is 11.7. The Bertz CT molecular complexity index is 232. The molecule has 0 spiro atoms. The molecule has 14 heavy (non-hydrogen) atoms. The predicted molar refractivity (Wildman–Crippen MR) is 51.9 cm³/mol. The van der Waals surface area contributed by atoms with E-state index in [-0.39, 0.29) is 11.8 Å². The molecular formula is C10H17NO3. The monoisotopic (exact) mass is 199 g/mol. The molecule has 1 fully saturated rings. The summed E-state index contributed by atoms with van der Waals surface area (Å²) in [6.45, 7) is 5.01. The topological polar surface area (TPSA) is 55.4 Å². The highest BCUT2D eigenvalue weighted by molar-refractivity contribution is 5.86. The second-order valence-electron chi connectivity index (χ2n) is 3.81. The Morgan fingerprint density at radius 1 is 1.50 bits per heavy atom. The Morgan fingerprint density at radius 3 is 2.64 bits per heavy atom. The molecule has 0 aromatic rings. The first kappa shape index (κ1) is 11.2. The average molecular weight is 199 g/mol. The van der Waals surface area contributed by atoms with E-state index in [0.717, 1.165) is 6.54 Å². The van der Waals surface area contributed by atoms with E-state index in [4.69, 9.17) is 4.74 Å². The van der Waals surface area contributed by atoms with Gasteiger partial charge in [-0.1, -0.05) is 0 Å². The summed E-state index contributed by atoms with van der Waals surface area (Å²) in [5, 5.41) is 3.10. The lowest BCUT2D eigenvalue weighted by molar-refractivity contribution is -0.156. The number of hydrogen-bond acceptors (Lipinski definition) is 4. The van der Waals surface area contributed by atoms with Crippen molar-refractivity contribution >= 4 is 11.8 Å². The van der Waals surface area contributed by atoms with Gasteiger partial charge in [0.2, 0.25) is 0 Å². The van der Waals surface area contributed by atoms with Crippen LogP contribution in [0.25, 0.3) is 0 Å². The second-order valence-corrected chi connectivity index (χ2v) is 3.81. The molecular weight excluding hydrogens is 182 g/mol. The van der Waals surface area contributed by atoms with Crippen molar-refractivity contribution in [3.8, 4) is 0 Å². The highest BCUT2D eigenvalue weighted by atomic mass is 16.5. The number of hydrogen-bond donors (Lipinski definition) is 1. The quantitative estimate of drug-likeness (QED) is 0.670. The smallest absolute Gasteiger partial charge is 0.313 e. The van der Waals surface area contributed by atoms with Crippen LogP contribution in [0.3, 0.4) is 0 Å². The van der Waals surface area contributed by atoms with Gasteiger partial charge < -0.3 is 10.1 Å². The van der Waals surface area contributed by atoms with Crippen LogP contribution >= 0.6 is 0 Å². The van der Waals surface area contributed by atoms with E-state index in [1.165, 1.54) is 6.92 Å². The van der Waals surface area contributed by atoms with E-state index in [1.54, 1.807) is 6.92 Å². The number of ketones is 1. The molecule has 0 aromatic heterocycles. The predicted octanol–water partition coefficient (Wildman–Crippen LogP) is 0.508. The molecule has 1 heterocycles. The number of esters is 1. The summed E-state index contributed by atoms with van der Waals surface area (Å²) in [7, 11) is 0. The first-order valence-corrected chi connectivity index (χ1v) is 4.98. The molecule has 0 aromatic carbocycles. The zero-order valence-corrected chi connectivity index (χ0v) is 8.76. The fraction of sp³-hybridized carbons (Fsp3) is 0.800. The van der Waals surface area contributed by atoms with Gasteiger partial charge in [0, 0.05) is 13.0 Å². The SMILES string of the molecule is CCOC(=O)C1(CC(C)=O)CCNC1. The maximum atomic E-state index is 11.7. The molecule has 4 heteroatoms. The van der Waals surface area contributed by atoms with E-state index in [0.29, 0.717) is 26.0 Å². The second kappa shape index (κ2) is 4.55. The standard InChI is InChI=1S/C10H17NO3/c1-3-14-9(13)10(6-8(2)12)4-5-11-7-10/h11H,3-7H2,1-2H3. The van der Waals surface area contributed by atoms with Crippen LogP contribution < -0.4 is 5.32 Å². The Morgan fingerprint density at radius 2 is 2.21 bits per heavy atom. The number of Topliss-reactive ketones (excluding diaryl/α,β-unsaturated/α-hetero) is 1. The molecule has 1 aliphatic rings. The van der Waals surface area contributed by atoms with Crippen molar-refractivity contribution in [2.75, 3.05) is 19.7 Å². The Kier molecular flexibility index (Phi) is 3.63. The molecule has 0 aliphatic carbocycles. The summed E-state index contributed by atoms with van der Waals surface area (Å²) >= 11 is 0. The summed E-state index contributed by atoms with van der Waals surface area (Å²) in [5.74, 6) is -0.193. The van der Waals surface area contributed by atoms with Gasteiger partial charge in [0.05, 0.1) is 12.0 Å². The van der Waals surface area contributed by atoms with Gasteiger partial charge in [-0.15, -0.1) is 0 Å². The minimum atomic E-state index is -0.595. The lowest BCUT2D eigenvalue weighted by atomic mass is 9.82. The van der Waals surface area contributed by atoms with Crippen LogP contribution in [0, 0.1) is 5.41 Å². The molecule has 0 amide bonds. The molecule has 1 unspecified atom stereocenters. The summed E-state index contributed by atoms with van der Waals surface area (Å²) in [6, 6.07) is 0. The van der Waals surface area contributed by atoms with Crippen LogP contribution in [0.1, 0.15) is 26.7 Å². The lowest BCUT2D eigenvalue weighted by Crippen LogP contribution is -2.36. The van der Waals surface area contributed by atoms with E-state index < -0.39 is 5.41 Å². The fourth-order valence-corrected chi connectivity index (χ4v) is 1.90. The first-order valence-electron chi connectivity index (χ1n) is 4.98. The fourth-order valence-electron chi connectivity index (χ4n) is 1.90. The number of carbonyl (C=O) groups is 2. The van der Waals surface area contributed by atoms with Crippen LogP contribution in [0.4, 0.5) is 0 Å². The van der Waals surface area contributed by atoms with Crippen molar-refractivity contribution in [2.45, 2.75) is 26.7 Å². The van der Waals surface area contributed by atoms with Crippen molar-refractivity contribution in [2.24, 2.45) is 5.41 Å². The van der Waals surface area contributed by atoms with Gasteiger partial charge in [-0.25, -0.2) is 0 Å². The average Bonchev–Trinajstić information content (AvgIpc) is 2.53. The van der Waals surface area contributed by atoms with Gasteiger partial charge >= 0.3 is 5.97 Å². The molecule has 0 saturated carbocycles. The zero-order valence-electron chi connectivity index (χ0n) is 8.76. The van der Waals surface area contributed by atoms with E-state index in [9.17, 15) is 9.59 Å². The van der Waals surface area contributed by atoms with Gasteiger partial charge in [0.15, 0.2) is 0 Å². The molecule has 0 bridgehead atoms. The molecule has 80 valence electrons. The lowest BCUT2D eigenvalue weighted by Gasteiger charge is -2.24. The first-order chi connectivity index (χ1) is 6.60. The molecule has 1 N–H and O–H groups in total. The zero-order chi connectivity index (χ0) is 10.6. The van der Waals surface area contributed by atoms with Crippen molar-refractivity contribution < 1.29 is 14.3 Å². The van der Waals surface area contributed by atoms with Crippen molar-refractivity contribution in [3.63, 3.8) is 0 Å². The summed E-state index contributed by atoms with van der Waals surface area (Å²) < 4.78 is 5.00. The third-order valence-electron chi connectivity index (χ3n) is 2.54. The Hall–Kier alpha value is -0.900. The Labute approximate surface area is 84.0 Å². The van der Waals surface area contributed by atoms with Crippen molar-refractivity contribution in [3.05, 3.63) is 0 Å². The number of nitrogens with one attached hydrogen (secondary N) is 1. The van der Waals surface area contributed by atoms with Gasteiger partial charge in [-0.2, -0.15) is 0 Å². The van der Waals surface area contributed by atoms with Gasteiger partial charge in [0.25, 0.3) is 0 Å². The van der Waals surface area contributed by atoms with Gasteiger partial charge in [0.1, 0.15) is 5.78 Å². The van der Waals surface area contributed by atoms with Gasteiger partial charge in [-0.3, -0.25) is 9.59 Å². The van der Waals surface area contributed by atoms with E-state index >= 15 is 0 Å². The molecule has 1 rings (SSSR count). The van der Waals surface area contributed by atoms with Gasteiger partial charge in [-0.05, 0) is 26.8 Å². The van der Waals surface area contributed by atoms with E-state index in [2.05, 4.69) is 5.32 Å². The van der Waals surface area contributed by atoms with E-state index in [1.807, 2.05) is 0 Å². The minimum Gasteiger partial charge on any atom is -0.466 e. The number of carbonyl (C=O) groups excluding carboxylic acids is 2. The van der Waals surface area contributed by atoms with Crippen LogP contribution in [0.15, 0.2) is 0 Å². The minimum absolute atomic E-state index is 0.0433. The molecule has 1 aliphatic heterocycles. The highest BCUT2D eigenvalue weighted by Gasteiger charge is 2.43. The summed E-state index contributed by atoms with van der Waals surface area (Å²) in [5.41, 5.74) is -0.595. The molecule has 0 radical (unpaired) electrons. The summed E-state index contributed by atoms with van der Waals surface area (Å²) in [6.07, 6.45) is 0.990. The van der Waals surface area contributed by atoms with Crippen LogP contribution in [0.5, 0.6) is 0 Å². The summed E-state index contributed by atoms with van der Waals surface area (Å²) in [4.78, 5) is 22.8. The van der Waals surface area contributed by atoms with Crippen LogP contribution in [-0.2, 0) is 14.3 Å². The molecule has 1 saturated heterocycles. The van der Waals surface area contributed by atoms with Crippen molar-refractivity contribution in [1.29, 1.82) is 0 Å². The largest absolute Gasteiger partial charge is 0.466 e. The van der Waals surface area contributed by atoms with Crippen LogP contribution in [-0.4, -0.2) is 31.4 Å². The normalized spacial score (nSPS) is 26.1.